The van der Waals surface area contributed by atoms with Crippen LogP contribution in [0.3, 0.4) is 0 Å². The number of rotatable bonds is 3. The molecule has 2 aromatic rings. The molecule has 0 saturated carbocycles. The predicted octanol–water partition coefficient (Wildman–Crippen LogP) is 3.20. The van der Waals surface area contributed by atoms with Crippen LogP contribution in [0.5, 0.6) is 0 Å². The summed E-state index contributed by atoms with van der Waals surface area (Å²) in [5.41, 5.74) is 1.91. The molecule has 1 unspecified atom stereocenters. The number of para-hydroxylation sites is 1. The smallest absolute Gasteiger partial charge is 0.132 e. The highest BCUT2D eigenvalue weighted by molar-refractivity contribution is 6.30. The molecule has 1 aromatic heterocycles. The molecule has 0 bridgehead atoms. The molecule has 3 heteroatoms. The van der Waals surface area contributed by atoms with E-state index in [2.05, 4.69) is 4.98 Å². The van der Waals surface area contributed by atoms with Crippen molar-refractivity contribution in [2.24, 2.45) is 0 Å². The monoisotopic (exact) mass is 235 g/mol. The van der Waals surface area contributed by atoms with Gasteiger partial charge in [0, 0.05) is 5.39 Å². The molecule has 2 nitrogen and oxygen atoms in total. The standard InChI is InChI=1S/C13H14ClNO/c1-9(16)6-7-11-8-10-4-2-3-5-12(10)15-13(11)14/h2-5,8-9,16H,6-7H2,1H3. The Morgan fingerprint density at radius 3 is 2.88 bits per heavy atom. The van der Waals surface area contributed by atoms with E-state index in [0.717, 1.165) is 22.9 Å². The van der Waals surface area contributed by atoms with Crippen LogP contribution >= 0.6 is 11.6 Å². The maximum Gasteiger partial charge on any atom is 0.132 e. The molecule has 0 aliphatic heterocycles. The first-order chi connectivity index (χ1) is 7.66. The molecule has 0 aliphatic rings. The minimum Gasteiger partial charge on any atom is -0.393 e. The molecule has 1 atom stereocenters. The Kier molecular flexibility index (Phi) is 3.42. The minimum absolute atomic E-state index is 0.303. The largest absolute Gasteiger partial charge is 0.393 e. The molecule has 0 aliphatic carbocycles. The van der Waals surface area contributed by atoms with Gasteiger partial charge < -0.3 is 5.11 Å². The summed E-state index contributed by atoms with van der Waals surface area (Å²) >= 11 is 6.09. The number of fused-ring (bicyclic) bond motifs is 1. The maximum absolute atomic E-state index is 9.25. The lowest BCUT2D eigenvalue weighted by Gasteiger charge is -2.07. The fourth-order valence-corrected chi connectivity index (χ4v) is 1.92. The van der Waals surface area contributed by atoms with Crippen LogP contribution in [0, 0.1) is 0 Å². The molecule has 0 amide bonds. The first kappa shape index (κ1) is 11.4. The third kappa shape index (κ3) is 2.52. The van der Waals surface area contributed by atoms with Crippen LogP contribution in [0.1, 0.15) is 18.9 Å². The Morgan fingerprint density at radius 2 is 2.12 bits per heavy atom. The van der Waals surface area contributed by atoms with Crippen LogP contribution in [0.4, 0.5) is 0 Å². The maximum atomic E-state index is 9.25. The molecule has 2 rings (SSSR count). The fourth-order valence-electron chi connectivity index (χ4n) is 1.68. The summed E-state index contributed by atoms with van der Waals surface area (Å²) in [5.74, 6) is 0. The van der Waals surface area contributed by atoms with Gasteiger partial charge in [0.05, 0.1) is 11.6 Å². The van der Waals surface area contributed by atoms with Crippen LogP contribution in [0.15, 0.2) is 30.3 Å². The zero-order valence-electron chi connectivity index (χ0n) is 9.15. The second kappa shape index (κ2) is 4.81. The number of aliphatic hydroxyl groups excluding tert-OH is 1. The van der Waals surface area contributed by atoms with Gasteiger partial charge in [0.1, 0.15) is 5.15 Å². The SMILES string of the molecule is CC(O)CCc1cc2ccccc2nc1Cl. The van der Waals surface area contributed by atoms with E-state index in [4.69, 9.17) is 11.6 Å². The fraction of sp³-hybridized carbons (Fsp3) is 0.308. The Hall–Kier alpha value is -1.12. The van der Waals surface area contributed by atoms with Crippen molar-refractivity contribution >= 4 is 22.5 Å². The van der Waals surface area contributed by atoms with Gasteiger partial charge in [-0.15, -0.1) is 0 Å². The molecule has 1 aromatic carbocycles. The van der Waals surface area contributed by atoms with Crippen LogP contribution in [0.2, 0.25) is 5.15 Å². The van der Waals surface area contributed by atoms with Crippen molar-refractivity contribution in [1.82, 2.24) is 4.98 Å². The Balaban J connectivity index is 2.34. The number of hydrogen-bond donors (Lipinski definition) is 1. The molecule has 1 heterocycles. The lowest BCUT2D eigenvalue weighted by molar-refractivity contribution is 0.185. The normalized spacial score (nSPS) is 12.9. The third-order valence-corrected chi connectivity index (χ3v) is 2.91. The van der Waals surface area contributed by atoms with E-state index in [-0.39, 0.29) is 6.10 Å². The highest BCUT2D eigenvalue weighted by Gasteiger charge is 2.06. The van der Waals surface area contributed by atoms with Crippen molar-refractivity contribution in [3.05, 3.63) is 41.0 Å². The Morgan fingerprint density at radius 1 is 1.38 bits per heavy atom. The topological polar surface area (TPSA) is 33.1 Å². The van der Waals surface area contributed by atoms with Crippen LogP contribution in [-0.2, 0) is 6.42 Å². The van der Waals surface area contributed by atoms with Gasteiger partial charge in [0.2, 0.25) is 0 Å². The van der Waals surface area contributed by atoms with Gasteiger partial charge in [0.15, 0.2) is 0 Å². The van der Waals surface area contributed by atoms with Gasteiger partial charge in [-0.2, -0.15) is 0 Å². The summed E-state index contributed by atoms with van der Waals surface area (Å²) in [5, 5.41) is 10.9. The van der Waals surface area contributed by atoms with Gasteiger partial charge in [-0.25, -0.2) is 4.98 Å². The van der Waals surface area contributed by atoms with Crippen LogP contribution < -0.4 is 0 Å². The van der Waals surface area contributed by atoms with Crippen molar-refractivity contribution in [1.29, 1.82) is 0 Å². The number of nitrogens with zero attached hydrogens (tertiary/aromatic N) is 1. The van der Waals surface area contributed by atoms with Crippen LogP contribution in [-0.4, -0.2) is 16.2 Å². The van der Waals surface area contributed by atoms with Crippen molar-refractivity contribution in [3.8, 4) is 0 Å². The number of aliphatic hydroxyl groups is 1. The van der Waals surface area contributed by atoms with E-state index in [1.807, 2.05) is 30.3 Å². The summed E-state index contributed by atoms with van der Waals surface area (Å²) in [7, 11) is 0. The molecule has 84 valence electrons. The Bertz CT molecular complexity index is 496. The zero-order chi connectivity index (χ0) is 11.5. The highest BCUT2D eigenvalue weighted by Crippen LogP contribution is 2.21. The molecule has 0 spiro atoms. The average molecular weight is 236 g/mol. The highest BCUT2D eigenvalue weighted by atomic mass is 35.5. The summed E-state index contributed by atoms with van der Waals surface area (Å²) in [4.78, 5) is 4.34. The number of aryl methyl sites for hydroxylation is 1. The first-order valence-electron chi connectivity index (χ1n) is 5.39. The number of halogens is 1. The second-order valence-electron chi connectivity index (χ2n) is 4.02. The first-order valence-corrected chi connectivity index (χ1v) is 5.77. The van der Waals surface area contributed by atoms with Crippen molar-refractivity contribution in [2.45, 2.75) is 25.9 Å². The van der Waals surface area contributed by atoms with Crippen molar-refractivity contribution in [2.75, 3.05) is 0 Å². The lowest BCUT2D eigenvalue weighted by atomic mass is 10.1. The zero-order valence-corrected chi connectivity index (χ0v) is 9.91. The number of benzene rings is 1. The molecule has 0 fully saturated rings. The van der Waals surface area contributed by atoms with Crippen LogP contribution in [0.25, 0.3) is 10.9 Å². The van der Waals surface area contributed by atoms with Gasteiger partial charge >= 0.3 is 0 Å². The molecule has 0 radical (unpaired) electrons. The lowest BCUT2D eigenvalue weighted by Crippen LogP contribution is -2.02. The van der Waals surface area contributed by atoms with Gasteiger partial charge in [-0.05, 0) is 37.5 Å². The van der Waals surface area contributed by atoms with E-state index in [1.54, 1.807) is 6.92 Å². The van der Waals surface area contributed by atoms with E-state index in [1.165, 1.54) is 0 Å². The van der Waals surface area contributed by atoms with Gasteiger partial charge in [0.25, 0.3) is 0 Å². The quantitative estimate of drug-likeness (QED) is 0.829. The van der Waals surface area contributed by atoms with Crippen molar-refractivity contribution in [3.63, 3.8) is 0 Å². The van der Waals surface area contributed by atoms with E-state index in [0.29, 0.717) is 11.6 Å². The third-order valence-electron chi connectivity index (χ3n) is 2.58. The second-order valence-corrected chi connectivity index (χ2v) is 4.38. The van der Waals surface area contributed by atoms with E-state index < -0.39 is 0 Å². The molecular formula is C13H14ClNO. The van der Waals surface area contributed by atoms with E-state index >= 15 is 0 Å². The van der Waals surface area contributed by atoms with E-state index in [9.17, 15) is 5.11 Å². The average Bonchev–Trinajstić information content (AvgIpc) is 2.26. The summed E-state index contributed by atoms with van der Waals surface area (Å²) < 4.78 is 0. The summed E-state index contributed by atoms with van der Waals surface area (Å²) in [6.07, 6.45) is 1.16. The number of aromatic nitrogens is 1. The molecule has 1 N–H and O–H groups in total. The van der Waals surface area contributed by atoms with Crippen molar-refractivity contribution < 1.29 is 5.11 Å². The summed E-state index contributed by atoms with van der Waals surface area (Å²) in [6, 6.07) is 9.94. The molecule has 0 saturated heterocycles. The van der Waals surface area contributed by atoms with Gasteiger partial charge in [-0.1, -0.05) is 29.8 Å². The predicted molar refractivity (Wildman–Crippen MR) is 66.8 cm³/mol. The molecule has 16 heavy (non-hydrogen) atoms. The number of pyridine rings is 1. The molecular weight excluding hydrogens is 222 g/mol. The van der Waals surface area contributed by atoms with Gasteiger partial charge in [-0.3, -0.25) is 0 Å². The minimum atomic E-state index is -0.303. The summed E-state index contributed by atoms with van der Waals surface area (Å²) in [6.45, 7) is 1.78. The Labute approximate surface area is 99.9 Å². The number of hydrogen-bond acceptors (Lipinski definition) is 2.